The number of rotatable bonds is 17. The van der Waals surface area contributed by atoms with Crippen LogP contribution in [0.4, 0.5) is 0 Å². The largest absolute Gasteiger partial charge is 0.493 e. The zero-order valence-corrected chi connectivity index (χ0v) is 43.8. The molecule has 1 aromatic heterocycles. The molecule has 0 spiro atoms. The van der Waals surface area contributed by atoms with Gasteiger partial charge in [-0.3, -0.25) is 14.3 Å². The molecule has 0 saturated carbocycles. The van der Waals surface area contributed by atoms with Crippen molar-refractivity contribution in [1.82, 2.24) is 15.0 Å². The first-order valence-corrected chi connectivity index (χ1v) is 24.1. The van der Waals surface area contributed by atoms with Crippen molar-refractivity contribution in [3.05, 3.63) is 132 Å². The van der Waals surface area contributed by atoms with Gasteiger partial charge in [-0.25, -0.2) is 0 Å². The molecule has 0 bridgehead atoms. The quantitative estimate of drug-likeness (QED) is 0.0223. The van der Waals surface area contributed by atoms with E-state index in [1.807, 2.05) is 176 Å². The Labute approximate surface area is 424 Å². The molecule has 0 aliphatic heterocycles. The van der Waals surface area contributed by atoms with E-state index in [0.29, 0.717) is 64.8 Å². The average molecular weight is 967 g/mol. The van der Waals surface area contributed by atoms with Crippen LogP contribution in [0.5, 0.6) is 11.5 Å². The van der Waals surface area contributed by atoms with Crippen molar-refractivity contribution in [2.75, 3.05) is 19.8 Å². The number of terminal acetylenes is 1. The molecule has 5 aromatic rings. The van der Waals surface area contributed by atoms with Crippen molar-refractivity contribution < 1.29 is 28.5 Å². The Bertz CT molecular complexity index is 2110. The van der Waals surface area contributed by atoms with Gasteiger partial charge in [0.15, 0.2) is 0 Å². The van der Waals surface area contributed by atoms with Crippen LogP contribution in [0.15, 0.2) is 121 Å². The molecule has 0 unspecified atom stereocenters. The van der Waals surface area contributed by atoms with E-state index in [2.05, 4.69) is 62.7 Å². The lowest BCUT2D eigenvalue weighted by Gasteiger charge is -2.19. The summed E-state index contributed by atoms with van der Waals surface area (Å²) in [5.74, 6) is 3.87. The van der Waals surface area contributed by atoms with Gasteiger partial charge in [-0.1, -0.05) is 178 Å². The monoisotopic (exact) mass is 967 g/mol. The molecule has 0 saturated heterocycles. The third-order valence-corrected chi connectivity index (χ3v) is 7.96. The molecule has 0 amide bonds. The highest BCUT2D eigenvalue weighted by Gasteiger charge is 2.17. The summed E-state index contributed by atoms with van der Waals surface area (Å²) in [4.78, 5) is 25.4. The number of aromatic nitrogens is 3. The van der Waals surface area contributed by atoms with E-state index in [-0.39, 0.29) is 26.8 Å². The van der Waals surface area contributed by atoms with Crippen molar-refractivity contribution in [3.8, 4) is 46.1 Å². The normalized spacial score (nSPS) is 9.44. The van der Waals surface area contributed by atoms with Gasteiger partial charge in [0.05, 0.1) is 18.9 Å². The molecule has 388 valence electrons. The summed E-state index contributed by atoms with van der Waals surface area (Å²) >= 11 is 0. The minimum absolute atomic E-state index is 0. The second kappa shape index (κ2) is 43.7. The molecule has 0 fully saturated rings. The maximum atomic E-state index is 11.8. The molecule has 0 atom stereocenters. The van der Waals surface area contributed by atoms with Gasteiger partial charge in [0, 0.05) is 61.0 Å². The molecule has 12 nitrogen and oxygen atoms in total. The van der Waals surface area contributed by atoms with Crippen molar-refractivity contribution >= 4 is 11.9 Å². The zero-order chi connectivity index (χ0) is 51.6. The fraction of sp³-hybridized carbons (Fsp3) is 0.483. The van der Waals surface area contributed by atoms with Crippen LogP contribution in [0.25, 0.3) is 32.7 Å². The van der Waals surface area contributed by atoms with Crippen LogP contribution in [0.3, 0.4) is 0 Å². The van der Waals surface area contributed by atoms with Crippen LogP contribution >= 0.6 is 0 Å². The number of aryl methyl sites for hydroxylation is 1. The lowest BCUT2D eigenvalue weighted by atomic mass is 10.1. The van der Waals surface area contributed by atoms with E-state index in [4.69, 9.17) is 30.9 Å². The lowest BCUT2D eigenvalue weighted by Crippen LogP contribution is -2.23. The maximum absolute atomic E-state index is 11.8. The average Bonchev–Trinajstić information content (AvgIpc) is 3.80. The number of azide groups is 1. The summed E-state index contributed by atoms with van der Waals surface area (Å²) in [5.41, 5.74) is 12.4. The first-order valence-electron chi connectivity index (χ1n) is 24.1. The van der Waals surface area contributed by atoms with Gasteiger partial charge in [0.2, 0.25) is 0 Å². The number of para-hydroxylation sites is 2. The van der Waals surface area contributed by atoms with Gasteiger partial charge in [-0.05, 0) is 83.2 Å². The summed E-state index contributed by atoms with van der Waals surface area (Å²) in [5, 5.41) is 11.7. The Morgan fingerprint density at radius 2 is 1.06 bits per heavy atom. The Morgan fingerprint density at radius 1 is 0.643 bits per heavy atom. The number of hydrogen-bond donors (Lipinski definition) is 0. The van der Waals surface area contributed by atoms with Crippen molar-refractivity contribution in [3.63, 3.8) is 0 Å². The van der Waals surface area contributed by atoms with Gasteiger partial charge in [0.25, 0.3) is 0 Å². The Balaban J connectivity index is -0.000000465. The van der Waals surface area contributed by atoms with Crippen LogP contribution in [0.2, 0.25) is 0 Å². The highest BCUT2D eigenvalue weighted by atomic mass is 16.6. The molecule has 70 heavy (non-hydrogen) atoms. The molecular formula is C58H90N6O6. The first-order chi connectivity index (χ1) is 32.8. The van der Waals surface area contributed by atoms with Crippen molar-refractivity contribution in [2.24, 2.45) is 5.11 Å². The molecule has 5 rings (SSSR count). The number of carbonyl (C=O) groups excluding carboxylic acids is 2. The molecule has 0 aliphatic rings. The molecular weight excluding hydrogens is 877 g/mol. The summed E-state index contributed by atoms with van der Waals surface area (Å²) in [6.45, 7) is 29.1. The Hall–Kier alpha value is -6.57. The third kappa shape index (κ3) is 33.8. The fourth-order valence-electron chi connectivity index (χ4n) is 5.45. The second-order valence-electron chi connectivity index (χ2n) is 15.4. The lowest BCUT2D eigenvalue weighted by molar-refractivity contribution is -0.156. The number of carbonyl (C=O) groups is 2. The van der Waals surface area contributed by atoms with Gasteiger partial charge < -0.3 is 18.9 Å². The minimum atomic E-state index is -0.448. The topological polar surface area (TPSA) is 151 Å². The van der Waals surface area contributed by atoms with Gasteiger partial charge in [0.1, 0.15) is 22.7 Å². The van der Waals surface area contributed by atoms with Crippen LogP contribution in [0, 0.1) is 12.3 Å². The van der Waals surface area contributed by atoms with Gasteiger partial charge in [-0.2, -0.15) is 0 Å². The third-order valence-electron chi connectivity index (χ3n) is 7.96. The fourth-order valence-corrected chi connectivity index (χ4v) is 5.45. The van der Waals surface area contributed by atoms with E-state index in [9.17, 15) is 9.59 Å². The number of esters is 2. The highest BCUT2D eigenvalue weighted by Crippen LogP contribution is 2.30. The van der Waals surface area contributed by atoms with E-state index in [1.54, 1.807) is 4.68 Å². The summed E-state index contributed by atoms with van der Waals surface area (Å²) in [7, 11) is 0. The Morgan fingerprint density at radius 3 is 1.49 bits per heavy atom. The number of nitrogens with zero attached hydrogens (tertiary/aromatic N) is 6. The number of ether oxygens (including phenoxy) is 4. The zero-order valence-electron chi connectivity index (χ0n) is 43.8. The minimum Gasteiger partial charge on any atom is -0.493 e. The molecule has 4 aromatic carbocycles. The predicted octanol–water partition coefficient (Wildman–Crippen LogP) is 16.2. The number of benzene rings is 4. The van der Waals surface area contributed by atoms with Crippen LogP contribution < -0.4 is 9.47 Å². The van der Waals surface area contributed by atoms with Crippen LogP contribution in [0.1, 0.15) is 150 Å². The van der Waals surface area contributed by atoms with E-state index in [1.165, 1.54) is 0 Å². The summed E-state index contributed by atoms with van der Waals surface area (Å²) < 4.78 is 23.8. The van der Waals surface area contributed by atoms with E-state index in [0.717, 1.165) is 39.4 Å². The molecule has 1 heterocycles. The van der Waals surface area contributed by atoms with Crippen molar-refractivity contribution in [2.45, 2.75) is 168 Å². The highest BCUT2D eigenvalue weighted by molar-refractivity contribution is 5.71. The molecule has 12 heteroatoms. The molecule has 0 radical (unpaired) electrons. The van der Waals surface area contributed by atoms with Gasteiger partial charge in [-0.15, -0.1) is 17.4 Å². The SMILES string of the molecule is C.C.C#CCCOc1ccccc1-c1ccccc1.CC.CC.CC.CC.CC(C)(C)OC(=O)CCCN=[N+]=[N-].CC(C)(C)OC(=O)CCCn1cc(CCOc2ccccc2-c2ccccc2)nn1. The molecule has 0 aliphatic carbocycles. The maximum Gasteiger partial charge on any atom is 0.306 e. The standard InChI is InChI=1S/C24H29N3O3.C16H14O.C8H15N3O2.4C2H6.2CH4/c1-24(2,3)30-23(28)14-9-16-27-18-20(25-26-27)15-17-29-22-13-8-7-12-21(22)19-10-5-4-6-11-19;1-2-3-13-17-16-12-8-7-11-15(16)14-9-5-4-6-10-14;1-8(2,3)13-7(12)5-4-6-10-11-9;4*1-2;;/h4-8,10-13,18H,9,14-17H2,1-3H3;1,4-12H,3,13H2;4-6H2,1-3H3;4*1-2H3;2*1H4. The Kier molecular flexibility index (Phi) is 43.7. The predicted molar refractivity (Wildman–Crippen MR) is 295 cm³/mol. The second-order valence-corrected chi connectivity index (χ2v) is 15.4. The van der Waals surface area contributed by atoms with Crippen LogP contribution in [-0.2, 0) is 32.0 Å². The van der Waals surface area contributed by atoms with E-state index >= 15 is 0 Å². The van der Waals surface area contributed by atoms with Gasteiger partial charge >= 0.3 is 11.9 Å². The van der Waals surface area contributed by atoms with Crippen LogP contribution in [-0.4, -0.2) is 57.9 Å². The van der Waals surface area contributed by atoms with E-state index < -0.39 is 11.2 Å². The molecule has 0 N–H and O–H groups in total. The first kappa shape index (κ1) is 70.0. The smallest absolute Gasteiger partial charge is 0.306 e. The number of hydrogen-bond acceptors (Lipinski definition) is 9. The summed E-state index contributed by atoms with van der Waals surface area (Å²) in [6.07, 6.45) is 10.3. The van der Waals surface area contributed by atoms with Crippen molar-refractivity contribution in [1.29, 1.82) is 0 Å². The summed E-state index contributed by atoms with van der Waals surface area (Å²) in [6, 6.07) is 36.4.